The molecule has 1 heterocycles. The number of hydrogen-bond acceptors (Lipinski definition) is 5. The quantitative estimate of drug-likeness (QED) is 0.821. The van der Waals surface area contributed by atoms with Gasteiger partial charge in [0.25, 0.3) is 5.56 Å². The van der Waals surface area contributed by atoms with Crippen LogP contribution in [-0.2, 0) is 11.3 Å². The molecule has 2 aromatic rings. The molecule has 0 aliphatic carbocycles. The van der Waals surface area contributed by atoms with Gasteiger partial charge < -0.3 is 14.8 Å². The predicted octanol–water partition coefficient (Wildman–Crippen LogP) is 0.192. The van der Waals surface area contributed by atoms with Gasteiger partial charge in [-0.15, -0.1) is 0 Å². The second kappa shape index (κ2) is 6.61. The lowest BCUT2D eigenvalue weighted by Crippen LogP contribution is -2.32. The average molecular weight is 305 g/mol. The Morgan fingerprint density at radius 2 is 1.91 bits per heavy atom. The van der Waals surface area contributed by atoms with Crippen molar-refractivity contribution in [2.45, 2.75) is 6.54 Å². The van der Waals surface area contributed by atoms with E-state index in [1.54, 1.807) is 18.2 Å². The highest BCUT2D eigenvalue weighted by molar-refractivity contribution is 5.90. The minimum absolute atomic E-state index is 0.218. The molecule has 0 unspecified atom stereocenters. The standard InChI is InChI=1S/C14H15N3O5/c1-21-10-4-3-9(7-11(10)22-2)15-13(19)8-17-6-5-12(18)16-14(17)20/h3-7H,8H2,1-2H3,(H,15,19)(H,16,18,20). The van der Waals surface area contributed by atoms with E-state index in [2.05, 4.69) is 10.3 Å². The first-order valence-corrected chi connectivity index (χ1v) is 6.35. The van der Waals surface area contributed by atoms with Crippen molar-refractivity contribution in [2.24, 2.45) is 0 Å². The molecule has 0 bridgehead atoms. The molecular weight excluding hydrogens is 290 g/mol. The topological polar surface area (TPSA) is 102 Å². The minimum atomic E-state index is -0.644. The van der Waals surface area contributed by atoms with Gasteiger partial charge in [-0.3, -0.25) is 19.1 Å². The Morgan fingerprint density at radius 1 is 1.18 bits per heavy atom. The fourth-order valence-electron chi connectivity index (χ4n) is 1.84. The summed E-state index contributed by atoms with van der Waals surface area (Å²) in [4.78, 5) is 36.5. The van der Waals surface area contributed by atoms with Gasteiger partial charge in [-0.1, -0.05) is 0 Å². The van der Waals surface area contributed by atoms with E-state index in [9.17, 15) is 14.4 Å². The number of anilines is 1. The average Bonchev–Trinajstić information content (AvgIpc) is 2.50. The van der Waals surface area contributed by atoms with Crippen LogP contribution in [0, 0.1) is 0 Å². The van der Waals surface area contributed by atoms with E-state index in [4.69, 9.17) is 9.47 Å². The van der Waals surface area contributed by atoms with Gasteiger partial charge in [0, 0.05) is 24.0 Å². The Hall–Kier alpha value is -3.03. The third-order valence-electron chi connectivity index (χ3n) is 2.88. The third-order valence-corrected chi connectivity index (χ3v) is 2.88. The van der Waals surface area contributed by atoms with Crippen molar-refractivity contribution in [2.75, 3.05) is 19.5 Å². The number of H-pyrrole nitrogens is 1. The van der Waals surface area contributed by atoms with E-state index in [1.165, 1.54) is 26.5 Å². The SMILES string of the molecule is COc1ccc(NC(=O)Cn2ccc(=O)[nH]c2=O)cc1OC. The number of methoxy groups -OCH3 is 2. The van der Waals surface area contributed by atoms with Gasteiger partial charge in [0.1, 0.15) is 6.54 Å². The third kappa shape index (κ3) is 3.54. The van der Waals surface area contributed by atoms with Gasteiger partial charge in [0.2, 0.25) is 5.91 Å². The fourth-order valence-corrected chi connectivity index (χ4v) is 1.84. The predicted molar refractivity (Wildman–Crippen MR) is 79.5 cm³/mol. The lowest BCUT2D eigenvalue weighted by atomic mass is 10.2. The Kier molecular flexibility index (Phi) is 4.62. The number of hydrogen-bond donors (Lipinski definition) is 2. The molecule has 1 amide bonds. The van der Waals surface area contributed by atoms with E-state index in [0.29, 0.717) is 17.2 Å². The summed E-state index contributed by atoms with van der Waals surface area (Å²) in [5.41, 5.74) is -0.656. The summed E-state index contributed by atoms with van der Waals surface area (Å²) in [6, 6.07) is 6.08. The lowest BCUT2D eigenvalue weighted by Gasteiger charge is -2.11. The number of rotatable bonds is 5. The molecule has 2 N–H and O–H groups in total. The maximum Gasteiger partial charge on any atom is 0.328 e. The molecule has 116 valence electrons. The molecule has 8 nitrogen and oxygen atoms in total. The number of aromatic nitrogens is 2. The summed E-state index contributed by atoms with van der Waals surface area (Å²) in [6.45, 7) is -0.218. The summed E-state index contributed by atoms with van der Waals surface area (Å²) in [6.07, 6.45) is 1.26. The summed E-state index contributed by atoms with van der Waals surface area (Å²) in [5, 5.41) is 2.63. The van der Waals surface area contributed by atoms with E-state index < -0.39 is 17.2 Å². The number of nitrogens with zero attached hydrogens (tertiary/aromatic N) is 1. The number of amides is 1. The molecule has 0 saturated heterocycles. The molecule has 2 rings (SSSR count). The first-order chi connectivity index (χ1) is 10.5. The van der Waals surface area contributed by atoms with E-state index >= 15 is 0 Å². The Bertz CT molecular complexity index is 794. The number of ether oxygens (including phenoxy) is 2. The Balaban J connectivity index is 2.12. The van der Waals surface area contributed by atoms with Crippen molar-refractivity contribution in [1.29, 1.82) is 0 Å². The molecule has 0 atom stereocenters. The number of benzene rings is 1. The van der Waals surface area contributed by atoms with Crippen LogP contribution in [0.25, 0.3) is 0 Å². The Morgan fingerprint density at radius 3 is 2.55 bits per heavy atom. The van der Waals surface area contributed by atoms with Crippen LogP contribution < -0.4 is 26.0 Å². The summed E-state index contributed by atoms with van der Waals surface area (Å²) in [7, 11) is 3.00. The highest BCUT2D eigenvalue weighted by Crippen LogP contribution is 2.29. The van der Waals surface area contributed by atoms with Crippen molar-refractivity contribution in [3.63, 3.8) is 0 Å². The molecule has 0 radical (unpaired) electrons. The number of nitrogens with one attached hydrogen (secondary N) is 2. The van der Waals surface area contributed by atoms with Crippen molar-refractivity contribution in [1.82, 2.24) is 9.55 Å². The maximum atomic E-state index is 11.9. The highest BCUT2D eigenvalue weighted by Gasteiger charge is 2.08. The highest BCUT2D eigenvalue weighted by atomic mass is 16.5. The lowest BCUT2D eigenvalue weighted by molar-refractivity contribution is -0.116. The summed E-state index contributed by atoms with van der Waals surface area (Å²) < 4.78 is 11.3. The van der Waals surface area contributed by atoms with Gasteiger partial charge >= 0.3 is 5.69 Å². The molecular formula is C14H15N3O5. The van der Waals surface area contributed by atoms with Gasteiger partial charge in [0.05, 0.1) is 14.2 Å². The zero-order chi connectivity index (χ0) is 16.1. The van der Waals surface area contributed by atoms with Crippen LogP contribution in [-0.4, -0.2) is 29.7 Å². The Labute approximate surface area is 125 Å². The monoisotopic (exact) mass is 305 g/mol. The maximum absolute atomic E-state index is 11.9. The normalized spacial score (nSPS) is 10.1. The summed E-state index contributed by atoms with van der Waals surface area (Å²) >= 11 is 0. The van der Waals surface area contributed by atoms with Crippen LogP contribution in [0.2, 0.25) is 0 Å². The molecule has 0 aliphatic heterocycles. The second-order valence-corrected chi connectivity index (χ2v) is 4.36. The van der Waals surface area contributed by atoms with Crippen molar-refractivity contribution >= 4 is 11.6 Å². The van der Waals surface area contributed by atoms with Crippen LogP contribution in [0.4, 0.5) is 5.69 Å². The van der Waals surface area contributed by atoms with Crippen LogP contribution in [0.1, 0.15) is 0 Å². The van der Waals surface area contributed by atoms with Gasteiger partial charge in [-0.2, -0.15) is 0 Å². The summed E-state index contributed by atoms with van der Waals surface area (Å²) in [5.74, 6) is 0.597. The molecule has 1 aromatic carbocycles. The molecule has 0 spiro atoms. The van der Waals surface area contributed by atoms with E-state index in [-0.39, 0.29) is 6.54 Å². The number of carbonyl (C=O) groups is 1. The zero-order valence-corrected chi connectivity index (χ0v) is 12.1. The first kappa shape index (κ1) is 15.4. The van der Waals surface area contributed by atoms with Crippen LogP contribution in [0.15, 0.2) is 40.1 Å². The second-order valence-electron chi connectivity index (χ2n) is 4.36. The largest absolute Gasteiger partial charge is 0.493 e. The van der Waals surface area contributed by atoms with Crippen molar-refractivity contribution in [3.05, 3.63) is 51.3 Å². The molecule has 0 saturated carbocycles. The fraction of sp³-hybridized carbons (Fsp3) is 0.214. The molecule has 0 aliphatic rings. The minimum Gasteiger partial charge on any atom is -0.493 e. The van der Waals surface area contributed by atoms with E-state index in [0.717, 1.165) is 4.57 Å². The van der Waals surface area contributed by atoms with Crippen LogP contribution >= 0.6 is 0 Å². The molecule has 0 fully saturated rings. The van der Waals surface area contributed by atoms with Crippen LogP contribution in [0.5, 0.6) is 11.5 Å². The molecule has 22 heavy (non-hydrogen) atoms. The van der Waals surface area contributed by atoms with Gasteiger partial charge in [-0.25, -0.2) is 4.79 Å². The molecule has 1 aromatic heterocycles. The smallest absolute Gasteiger partial charge is 0.328 e. The number of aromatic amines is 1. The first-order valence-electron chi connectivity index (χ1n) is 6.35. The number of carbonyl (C=O) groups excluding carboxylic acids is 1. The zero-order valence-electron chi connectivity index (χ0n) is 12.1. The van der Waals surface area contributed by atoms with Crippen LogP contribution in [0.3, 0.4) is 0 Å². The van der Waals surface area contributed by atoms with Gasteiger partial charge in [-0.05, 0) is 12.1 Å². The molecule has 8 heteroatoms. The van der Waals surface area contributed by atoms with Crippen molar-refractivity contribution in [3.8, 4) is 11.5 Å². The van der Waals surface area contributed by atoms with E-state index in [1.807, 2.05) is 0 Å². The van der Waals surface area contributed by atoms with Crippen molar-refractivity contribution < 1.29 is 14.3 Å². The van der Waals surface area contributed by atoms with Gasteiger partial charge in [0.15, 0.2) is 11.5 Å².